The van der Waals surface area contributed by atoms with Gasteiger partial charge in [-0.15, -0.1) is 0 Å². The Morgan fingerprint density at radius 2 is 1.72 bits per heavy atom. The van der Waals surface area contributed by atoms with Crippen molar-refractivity contribution < 1.29 is 14.7 Å². The van der Waals surface area contributed by atoms with Crippen LogP contribution >= 0.6 is 0 Å². The van der Waals surface area contributed by atoms with E-state index in [4.69, 9.17) is 10.7 Å². The van der Waals surface area contributed by atoms with Gasteiger partial charge < -0.3 is 15.7 Å². The molecule has 9 heteroatoms. The summed E-state index contributed by atoms with van der Waals surface area (Å²) in [5.74, 6) is -0.0256. The van der Waals surface area contributed by atoms with Crippen molar-refractivity contribution in [3.8, 4) is 22.4 Å². The van der Waals surface area contributed by atoms with Crippen molar-refractivity contribution in [3.63, 3.8) is 0 Å². The van der Waals surface area contributed by atoms with E-state index in [1.165, 1.54) is 11.4 Å². The first-order chi connectivity index (χ1) is 18.8. The lowest BCUT2D eigenvalue weighted by Gasteiger charge is -2.40. The molecule has 3 aromatic heterocycles. The van der Waals surface area contributed by atoms with Crippen LogP contribution in [0.2, 0.25) is 0 Å². The van der Waals surface area contributed by atoms with E-state index >= 15 is 0 Å². The number of fused-ring (bicyclic) bond motifs is 3. The number of carbonyl (C=O) groups is 2. The maximum atomic E-state index is 13.0. The fraction of sp³-hybridized carbons (Fsp3) is 0.367. The molecule has 2 saturated heterocycles. The Balaban J connectivity index is 1.26. The van der Waals surface area contributed by atoms with Gasteiger partial charge in [0.05, 0.1) is 23.1 Å². The van der Waals surface area contributed by atoms with E-state index in [9.17, 15) is 14.7 Å². The Hall–Kier alpha value is -4.11. The smallest absolute Gasteiger partial charge is 0.255 e. The van der Waals surface area contributed by atoms with Crippen molar-refractivity contribution in [3.05, 3.63) is 66.1 Å². The summed E-state index contributed by atoms with van der Waals surface area (Å²) >= 11 is 0. The SMILES string of the molecule is CC(=O)c1c(C2CC3CCC(C2)N3C(=O)C2(O)CC2)nc2c(-c3ccc(-c4ccccc4)nc3)cnn2c1N. The Morgan fingerprint density at radius 1 is 1.00 bits per heavy atom. The van der Waals surface area contributed by atoms with E-state index in [0.29, 0.717) is 42.6 Å². The highest BCUT2D eigenvalue weighted by Crippen LogP contribution is 2.48. The number of aliphatic hydroxyl groups is 1. The molecule has 0 spiro atoms. The lowest BCUT2D eigenvalue weighted by Crippen LogP contribution is -2.51. The summed E-state index contributed by atoms with van der Waals surface area (Å²) in [5.41, 5.74) is 10.6. The maximum Gasteiger partial charge on any atom is 0.255 e. The molecule has 2 bridgehead atoms. The molecule has 2 unspecified atom stereocenters. The number of aromatic nitrogens is 4. The van der Waals surface area contributed by atoms with Gasteiger partial charge >= 0.3 is 0 Å². The van der Waals surface area contributed by atoms with Crippen LogP contribution in [0.5, 0.6) is 0 Å². The summed E-state index contributed by atoms with van der Waals surface area (Å²) in [6.45, 7) is 1.51. The van der Waals surface area contributed by atoms with Gasteiger partial charge in [-0.1, -0.05) is 36.4 Å². The van der Waals surface area contributed by atoms with Crippen molar-refractivity contribution in [1.82, 2.24) is 24.5 Å². The summed E-state index contributed by atoms with van der Waals surface area (Å²) in [6, 6.07) is 14.0. The second kappa shape index (κ2) is 8.71. The minimum atomic E-state index is -1.17. The Bertz CT molecular complexity index is 1600. The minimum Gasteiger partial charge on any atom is -0.383 e. The molecular formula is C30H30N6O3. The largest absolute Gasteiger partial charge is 0.383 e. The number of hydrogen-bond acceptors (Lipinski definition) is 7. The molecule has 3 N–H and O–H groups in total. The van der Waals surface area contributed by atoms with Crippen molar-refractivity contribution in [1.29, 1.82) is 0 Å². The first-order valence-electron chi connectivity index (χ1n) is 13.6. The maximum absolute atomic E-state index is 13.0. The number of nitrogens with two attached hydrogens (primary N) is 1. The van der Waals surface area contributed by atoms with Crippen LogP contribution in [0.4, 0.5) is 5.82 Å². The van der Waals surface area contributed by atoms with Gasteiger partial charge in [-0.05, 0) is 51.5 Å². The van der Waals surface area contributed by atoms with Crippen LogP contribution in [0.15, 0.2) is 54.9 Å². The predicted molar refractivity (Wildman–Crippen MR) is 146 cm³/mol. The molecule has 5 heterocycles. The molecule has 1 aliphatic carbocycles. The van der Waals surface area contributed by atoms with E-state index in [1.54, 1.807) is 6.20 Å². The van der Waals surface area contributed by atoms with Crippen LogP contribution in [0, 0.1) is 0 Å². The first kappa shape index (κ1) is 24.0. The molecule has 39 heavy (non-hydrogen) atoms. The molecule has 4 aromatic rings. The normalized spacial score (nSPS) is 23.2. The van der Waals surface area contributed by atoms with Crippen molar-refractivity contribution in [2.24, 2.45) is 0 Å². The molecule has 9 nitrogen and oxygen atoms in total. The zero-order valence-electron chi connectivity index (χ0n) is 21.7. The van der Waals surface area contributed by atoms with Gasteiger partial charge in [0, 0.05) is 40.9 Å². The summed E-state index contributed by atoms with van der Waals surface area (Å²) in [5, 5.41) is 15.0. The van der Waals surface area contributed by atoms with Gasteiger partial charge in [-0.25, -0.2) is 4.98 Å². The molecule has 1 saturated carbocycles. The van der Waals surface area contributed by atoms with Gasteiger partial charge in [0.25, 0.3) is 5.91 Å². The lowest BCUT2D eigenvalue weighted by molar-refractivity contribution is -0.147. The Labute approximate surface area is 225 Å². The van der Waals surface area contributed by atoms with Gasteiger partial charge in [-0.3, -0.25) is 14.6 Å². The molecule has 7 rings (SSSR count). The molecule has 3 aliphatic rings. The third-order valence-corrected chi connectivity index (χ3v) is 8.68. The van der Waals surface area contributed by atoms with Gasteiger partial charge in [0.2, 0.25) is 0 Å². The van der Waals surface area contributed by atoms with Crippen LogP contribution in [0.25, 0.3) is 28.0 Å². The number of anilines is 1. The number of ketones is 1. The molecular weight excluding hydrogens is 492 g/mol. The topological polar surface area (TPSA) is 127 Å². The van der Waals surface area contributed by atoms with Crippen LogP contribution in [-0.4, -0.2) is 59.0 Å². The molecule has 2 atom stereocenters. The van der Waals surface area contributed by atoms with E-state index in [1.807, 2.05) is 53.6 Å². The number of nitrogen functional groups attached to an aromatic ring is 1. The minimum absolute atomic E-state index is 0.0204. The van der Waals surface area contributed by atoms with Crippen LogP contribution in [0.3, 0.4) is 0 Å². The van der Waals surface area contributed by atoms with Crippen LogP contribution < -0.4 is 5.73 Å². The number of pyridine rings is 1. The van der Waals surface area contributed by atoms with Gasteiger partial charge in [0.1, 0.15) is 11.4 Å². The average Bonchev–Trinajstić information content (AvgIpc) is 3.46. The van der Waals surface area contributed by atoms with E-state index in [2.05, 4.69) is 10.1 Å². The standard InChI is InChI=1S/C30H30N6O3/c1-17(37)25-26(20-13-21-8-9-22(14-20)35(21)29(38)30(39)11-12-30)34-28-23(16-33-36(28)27(25)31)19-7-10-24(32-15-19)18-5-3-2-4-6-18/h2-7,10,15-16,20-22,39H,8-9,11-14,31H2,1H3. The number of piperidine rings is 1. The number of Topliss-reactive ketones (excluding diaryl/α,β-unsaturated/α-hetero) is 1. The number of rotatable bonds is 5. The molecule has 2 aliphatic heterocycles. The van der Waals surface area contributed by atoms with Crippen molar-refractivity contribution in [2.75, 3.05) is 5.73 Å². The number of hydrogen-bond donors (Lipinski definition) is 2. The van der Waals surface area contributed by atoms with Crippen molar-refractivity contribution in [2.45, 2.75) is 69.1 Å². The predicted octanol–water partition coefficient (Wildman–Crippen LogP) is 4.01. The Morgan fingerprint density at radius 3 is 2.33 bits per heavy atom. The Kier molecular flexibility index (Phi) is 5.35. The zero-order chi connectivity index (χ0) is 26.9. The number of benzene rings is 1. The third kappa shape index (κ3) is 3.83. The quantitative estimate of drug-likeness (QED) is 0.379. The van der Waals surface area contributed by atoms with Crippen molar-refractivity contribution >= 4 is 23.2 Å². The highest BCUT2D eigenvalue weighted by atomic mass is 16.3. The highest BCUT2D eigenvalue weighted by molar-refractivity contribution is 6.00. The molecule has 0 radical (unpaired) electrons. The molecule has 1 amide bonds. The fourth-order valence-electron chi connectivity index (χ4n) is 6.53. The third-order valence-electron chi connectivity index (χ3n) is 8.68. The molecule has 198 valence electrons. The summed E-state index contributed by atoms with van der Waals surface area (Å²) in [6.07, 6.45) is 7.78. The highest BCUT2D eigenvalue weighted by Gasteiger charge is 2.55. The fourth-order valence-corrected chi connectivity index (χ4v) is 6.53. The zero-order valence-corrected chi connectivity index (χ0v) is 21.7. The summed E-state index contributed by atoms with van der Waals surface area (Å²) in [7, 11) is 0. The van der Waals surface area contributed by atoms with E-state index in [0.717, 1.165) is 35.2 Å². The van der Waals surface area contributed by atoms with Gasteiger partial charge in [-0.2, -0.15) is 9.61 Å². The second-order valence-electron chi connectivity index (χ2n) is 11.2. The second-order valence-corrected chi connectivity index (χ2v) is 11.2. The number of amides is 1. The average molecular weight is 523 g/mol. The van der Waals surface area contributed by atoms with E-state index < -0.39 is 5.60 Å². The van der Waals surface area contributed by atoms with Gasteiger partial charge in [0.15, 0.2) is 11.4 Å². The van der Waals surface area contributed by atoms with Crippen LogP contribution in [0.1, 0.15) is 67.4 Å². The monoisotopic (exact) mass is 522 g/mol. The number of carbonyl (C=O) groups excluding carboxylic acids is 2. The summed E-state index contributed by atoms with van der Waals surface area (Å²) in [4.78, 5) is 37.5. The van der Waals surface area contributed by atoms with Crippen LogP contribution in [-0.2, 0) is 4.79 Å². The number of nitrogens with zero attached hydrogens (tertiary/aromatic N) is 5. The lowest BCUT2D eigenvalue weighted by atomic mass is 9.85. The summed E-state index contributed by atoms with van der Waals surface area (Å²) < 4.78 is 1.54. The van der Waals surface area contributed by atoms with E-state index in [-0.39, 0.29) is 35.5 Å². The molecule has 3 fully saturated rings. The molecule has 1 aromatic carbocycles. The first-order valence-corrected chi connectivity index (χ1v) is 13.6.